The summed E-state index contributed by atoms with van der Waals surface area (Å²) in [5.41, 5.74) is 2.92. The molecule has 0 aromatic heterocycles. The molecule has 2 fully saturated rings. The summed E-state index contributed by atoms with van der Waals surface area (Å²) in [6, 6.07) is 9.31. The van der Waals surface area contributed by atoms with Gasteiger partial charge in [0.25, 0.3) is 0 Å². The van der Waals surface area contributed by atoms with E-state index in [0.29, 0.717) is 24.1 Å². The standard InChI is InChI=1S/C23H34N4O2/c1-23(2)20(18-11-12-29-21(18)23)26-22(24-14-19(28)27(3)4)25-17-10-9-15-7-5-6-8-16(15)13-17/h5-8,17-18,20-21H,9-14H2,1-4H3,(H2,24,25,26). The zero-order valence-corrected chi connectivity index (χ0v) is 18.1. The Labute approximate surface area is 174 Å². The lowest BCUT2D eigenvalue weighted by Crippen LogP contribution is -2.68. The molecule has 2 aliphatic carbocycles. The fraction of sp³-hybridized carbons (Fsp3) is 0.652. The molecule has 4 atom stereocenters. The molecule has 1 heterocycles. The first-order valence-corrected chi connectivity index (χ1v) is 10.8. The van der Waals surface area contributed by atoms with Gasteiger partial charge in [-0.2, -0.15) is 0 Å². The lowest BCUT2D eigenvalue weighted by Gasteiger charge is -2.55. The van der Waals surface area contributed by atoms with E-state index in [2.05, 4.69) is 53.7 Å². The molecule has 4 unspecified atom stereocenters. The molecule has 1 aromatic rings. The summed E-state index contributed by atoms with van der Waals surface area (Å²) >= 11 is 0. The van der Waals surface area contributed by atoms with Crippen molar-refractivity contribution in [3.8, 4) is 0 Å². The molecule has 0 radical (unpaired) electrons. The molecule has 1 amide bonds. The Hall–Kier alpha value is -2.08. The van der Waals surface area contributed by atoms with Crippen LogP contribution in [0.4, 0.5) is 0 Å². The van der Waals surface area contributed by atoms with Gasteiger partial charge >= 0.3 is 0 Å². The molecule has 6 nitrogen and oxygen atoms in total. The molecule has 0 bridgehead atoms. The van der Waals surface area contributed by atoms with Crippen molar-refractivity contribution in [2.45, 2.75) is 57.7 Å². The number of fused-ring (bicyclic) bond motifs is 2. The van der Waals surface area contributed by atoms with Crippen molar-refractivity contribution in [3.05, 3.63) is 35.4 Å². The van der Waals surface area contributed by atoms with Crippen LogP contribution in [0.1, 0.15) is 37.8 Å². The number of ether oxygens (including phenoxy) is 1. The van der Waals surface area contributed by atoms with Crippen molar-refractivity contribution in [2.24, 2.45) is 16.3 Å². The minimum atomic E-state index is 0.00929. The van der Waals surface area contributed by atoms with E-state index in [-0.39, 0.29) is 17.9 Å². The molecule has 3 aliphatic rings. The Morgan fingerprint density at radius 3 is 2.72 bits per heavy atom. The predicted molar refractivity (Wildman–Crippen MR) is 115 cm³/mol. The van der Waals surface area contributed by atoms with Crippen LogP contribution in [0.25, 0.3) is 0 Å². The van der Waals surface area contributed by atoms with E-state index < -0.39 is 0 Å². The highest BCUT2D eigenvalue weighted by atomic mass is 16.5. The number of nitrogens with zero attached hydrogens (tertiary/aromatic N) is 2. The predicted octanol–water partition coefficient (Wildman–Crippen LogP) is 1.98. The number of carbonyl (C=O) groups is 1. The fourth-order valence-corrected chi connectivity index (χ4v) is 5.20. The van der Waals surface area contributed by atoms with Gasteiger partial charge < -0.3 is 20.3 Å². The van der Waals surface area contributed by atoms with Crippen molar-refractivity contribution in [1.82, 2.24) is 15.5 Å². The van der Waals surface area contributed by atoms with Gasteiger partial charge in [-0.1, -0.05) is 38.1 Å². The van der Waals surface area contributed by atoms with Crippen LogP contribution < -0.4 is 10.6 Å². The van der Waals surface area contributed by atoms with Crippen molar-refractivity contribution < 1.29 is 9.53 Å². The van der Waals surface area contributed by atoms with Crippen molar-refractivity contribution in [3.63, 3.8) is 0 Å². The van der Waals surface area contributed by atoms with E-state index in [0.717, 1.165) is 38.2 Å². The Bertz CT molecular complexity index is 789. The summed E-state index contributed by atoms with van der Waals surface area (Å²) in [6.45, 7) is 5.52. The molecule has 6 heteroatoms. The number of hydrogen-bond acceptors (Lipinski definition) is 3. The first kappa shape index (κ1) is 20.2. The van der Waals surface area contributed by atoms with Gasteiger partial charge in [0.1, 0.15) is 6.54 Å². The number of rotatable bonds is 4. The number of carbonyl (C=O) groups excluding carboxylic acids is 1. The maximum Gasteiger partial charge on any atom is 0.243 e. The first-order chi connectivity index (χ1) is 13.9. The van der Waals surface area contributed by atoms with Crippen LogP contribution >= 0.6 is 0 Å². The quantitative estimate of drug-likeness (QED) is 0.601. The topological polar surface area (TPSA) is 66.0 Å². The van der Waals surface area contributed by atoms with Crippen molar-refractivity contribution in [2.75, 3.05) is 27.2 Å². The van der Waals surface area contributed by atoms with E-state index in [1.165, 1.54) is 11.1 Å². The maximum absolute atomic E-state index is 12.1. The molecule has 1 saturated heterocycles. The fourth-order valence-electron chi connectivity index (χ4n) is 5.20. The number of aryl methyl sites for hydroxylation is 1. The number of aliphatic imine (C=N–C) groups is 1. The molecule has 158 valence electrons. The summed E-state index contributed by atoms with van der Waals surface area (Å²) in [6.07, 6.45) is 4.55. The third-order valence-electron chi connectivity index (χ3n) is 6.95. The normalized spacial score (nSPS) is 30.0. The molecule has 2 N–H and O–H groups in total. The Balaban J connectivity index is 1.47. The molecule has 29 heavy (non-hydrogen) atoms. The van der Waals surface area contributed by atoms with Gasteiger partial charge in [0.05, 0.1) is 6.10 Å². The van der Waals surface area contributed by atoms with Crippen molar-refractivity contribution >= 4 is 11.9 Å². The highest BCUT2D eigenvalue weighted by Gasteiger charge is 2.59. The van der Waals surface area contributed by atoms with E-state index in [9.17, 15) is 4.79 Å². The van der Waals surface area contributed by atoms with Gasteiger partial charge in [0, 0.05) is 44.1 Å². The minimum absolute atomic E-state index is 0.00929. The lowest BCUT2D eigenvalue weighted by molar-refractivity contribution is -0.127. The van der Waals surface area contributed by atoms with Crippen LogP contribution in [0.5, 0.6) is 0 Å². The maximum atomic E-state index is 12.1. The van der Waals surface area contributed by atoms with E-state index in [1.54, 1.807) is 19.0 Å². The molecule has 1 saturated carbocycles. The molecule has 0 spiro atoms. The smallest absolute Gasteiger partial charge is 0.243 e. The molecule has 4 rings (SSSR count). The Morgan fingerprint density at radius 2 is 1.97 bits per heavy atom. The average Bonchev–Trinajstić information content (AvgIpc) is 3.16. The molecule has 1 aliphatic heterocycles. The van der Waals surface area contributed by atoms with Crippen LogP contribution in [0, 0.1) is 11.3 Å². The molecular weight excluding hydrogens is 364 g/mol. The van der Waals surface area contributed by atoms with Gasteiger partial charge in [0.15, 0.2) is 5.96 Å². The number of guanidine groups is 1. The molecular formula is C23H34N4O2. The zero-order chi connectivity index (χ0) is 20.6. The third-order valence-corrected chi connectivity index (χ3v) is 6.95. The summed E-state index contributed by atoms with van der Waals surface area (Å²) in [5.74, 6) is 1.29. The second kappa shape index (κ2) is 7.98. The number of likely N-dealkylation sites (N-methyl/N-ethyl adjacent to an activating group) is 1. The summed E-state index contributed by atoms with van der Waals surface area (Å²) in [4.78, 5) is 18.4. The highest BCUT2D eigenvalue weighted by molar-refractivity contribution is 5.85. The summed E-state index contributed by atoms with van der Waals surface area (Å²) < 4.78 is 5.94. The lowest BCUT2D eigenvalue weighted by atomic mass is 9.57. The van der Waals surface area contributed by atoms with E-state index in [1.807, 2.05) is 0 Å². The number of hydrogen-bond donors (Lipinski definition) is 2. The number of benzene rings is 1. The second-order valence-corrected chi connectivity index (χ2v) is 9.49. The monoisotopic (exact) mass is 398 g/mol. The Morgan fingerprint density at radius 1 is 1.21 bits per heavy atom. The SMILES string of the molecule is CN(C)C(=O)CN=C(NC1CCc2ccccc2C1)NC1C2CCOC2C1(C)C. The van der Waals surface area contributed by atoms with Crippen LogP contribution in [0.2, 0.25) is 0 Å². The minimum Gasteiger partial charge on any atom is -0.377 e. The summed E-state index contributed by atoms with van der Waals surface area (Å²) in [5, 5.41) is 7.30. The van der Waals surface area contributed by atoms with Gasteiger partial charge in [-0.25, -0.2) is 4.99 Å². The van der Waals surface area contributed by atoms with Gasteiger partial charge in [-0.15, -0.1) is 0 Å². The molecule has 1 aromatic carbocycles. The van der Waals surface area contributed by atoms with Gasteiger partial charge in [0.2, 0.25) is 5.91 Å². The van der Waals surface area contributed by atoms with E-state index >= 15 is 0 Å². The van der Waals surface area contributed by atoms with E-state index in [4.69, 9.17) is 4.74 Å². The summed E-state index contributed by atoms with van der Waals surface area (Å²) in [7, 11) is 3.54. The van der Waals surface area contributed by atoms with Crippen LogP contribution in [0.15, 0.2) is 29.3 Å². The number of nitrogens with one attached hydrogen (secondary N) is 2. The van der Waals surface area contributed by atoms with Gasteiger partial charge in [-0.05, 0) is 36.8 Å². The van der Waals surface area contributed by atoms with Crippen LogP contribution in [-0.2, 0) is 22.4 Å². The second-order valence-electron chi connectivity index (χ2n) is 9.49. The van der Waals surface area contributed by atoms with Crippen LogP contribution in [0.3, 0.4) is 0 Å². The first-order valence-electron chi connectivity index (χ1n) is 10.8. The van der Waals surface area contributed by atoms with Gasteiger partial charge in [-0.3, -0.25) is 4.79 Å². The van der Waals surface area contributed by atoms with Crippen LogP contribution in [-0.4, -0.2) is 62.2 Å². The Kier molecular flexibility index (Phi) is 5.56. The largest absolute Gasteiger partial charge is 0.377 e. The third kappa shape index (κ3) is 4.00. The highest BCUT2D eigenvalue weighted by Crippen LogP contribution is 2.52. The number of amides is 1. The van der Waals surface area contributed by atoms with Crippen molar-refractivity contribution in [1.29, 1.82) is 0 Å². The average molecular weight is 399 g/mol. The zero-order valence-electron chi connectivity index (χ0n) is 18.1.